The maximum Gasteiger partial charge on any atom is 0.419 e. The van der Waals surface area contributed by atoms with E-state index >= 15 is 0 Å². The van der Waals surface area contributed by atoms with Gasteiger partial charge in [0.1, 0.15) is 0 Å². The number of nitrogens with zero attached hydrogens (tertiary/aromatic N) is 2. The van der Waals surface area contributed by atoms with Crippen molar-refractivity contribution < 1.29 is 9.53 Å². The molecule has 0 unspecified atom stereocenters. The van der Waals surface area contributed by atoms with Gasteiger partial charge in [-0.25, -0.2) is 9.69 Å². The summed E-state index contributed by atoms with van der Waals surface area (Å²) in [7, 11) is 0. The second-order valence-electron chi connectivity index (χ2n) is 7.46. The maximum atomic E-state index is 12.6. The van der Waals surface area contributed by atoms with Crippen molar-refractivity contribution in [3.63, 3.8) is 0 Å². The number of rotatable bonds is 4. The summed E-state index contributed by atoms with van der Waals surface area (Å²) in [5.74, 6) is 0. The van der Waals surface area contributed by atoms with E-state index in [0.717, 1.165) is 43.9 Å². The molecule has 0 aliphatic carbocycles. The molecule has 7 heteroatoms. The number of carbonyl (C=O) groups excluding carboxylic acids is 1. The van der Waals surface area contributed by atoms with Crippen LogP contribution in [0, 0.1) is 0 Å². The highest BCUT2D eigenvalue weighted by molar-refractivity contribution is 6.42. The van der Waals surface area contributed by atoms with E-state index in [-0.39, 0.29) is 0 Å². The highest BCUT2D eigenvalue weighted by Crippen LogP contribution is 2.43. The summed E-state index contributed by atoms with van der Waals surface area (Å²) in [6.07, 6.45) is 1.98. The van der Waals surface area contributed by atoms with E-state index in [4.69, 9.17) is 39.5 Å². The van der Waals surface area contributed by atoms with Gasteiger partial charge in [0.15, 0.2) is 5.60 Å². The molecule has 4 rings (SSSR count). The van der Waals surface area contributed by atoms with Gasteiger partial charge in [0.2, 0.25) is 0 Å². The van der Waals surface area contributed by atoms with Crippen molar-refractivity contribution in [1.82, 2.24) is 4.90 Å². The molecular formula is C22H21Cl3N2O2. The predicted molar refractivity (Wildman–Crippen MR) is 118 cm³/mol. The number of likely N-dealkylation sites (tertiary alicyclic amines) is 1. The van der Waals surface area contributed by atoms with Gasteiger partial charge in [0, 0.05) is 37.5 Å². The van der Waals surface area contributed by atoms with Gasteiger partial charge in [-0.15, -0.1) is 0 Å². The third-order valence-corrected chi connectivity index (χ3v) is 6.71. The molecule has 2 aliphatic rings. The Hall–Kier alpha value is -1.72. The van der Waals surface area contributed by atoms with Crippen molar-refractivity contribution in [3.8, 4) is 0 Å². The highest BCUT2D eigenvalue weighted by Gasteiger charge is 2.50. The van der Waals surface area contributed by atoms with Crippen molar-refractivity contribution in [3.05, 3.63) is 75.4 Å². The van der Waals surface area contributed by atoms with Gasteiger partial charge >= 0.3 is 6.09 Å². The second-order valence-corrected chi connectivity index (χ2v) is 8.71. The maximum absolute atomic E-state index is 12.6. The lowest BCUT2D eigenvalue weighted by Gasteiger charge is -2.38. The second kappa shape index (κ2) is 8.19. The molecule has 2 fully saturated rings. The average Bonchev–Trinajstić information content (AvgIpc) is 2.94. The van der Waals surface area contributed by atoms with Crippen molar-refractivity contribution in [2.24, 2.45) is 0 Å². The highest BCUT2D eigenvalue weighted by atomic mass is 35.5. The van der Waals surface area contributed by atoms with Crippen LogP contribution in [0.25, 0.3) is 0 Å². The Bertz CT molecular complexity index is 938. The zero-order chi connectivity index (χ0) is 20.6. The lowest BCUT2D eigenvalue weighted by atomic mass is 9.88. The summed E-state index contributed by atoms with van der Waals surface area (Å²) in [5, 5.41) is 1.58. The Labute approximate surface area is 185 Å². The molecule has 0 aromatic heterocycles. The van der Waals surface area contributed by atoms with Gasteiger partial charge in [0.25, 0.3) is 0 Å². The molecular weight excluding hydrogens is 431 g/mol. The van der Waals surface area contributed by atoms with Gasteiger partial charge < -0.3 is 9.64 Å². The number of piperidine rings is 1. The van der Waals surface area contributed by atoms with Crippen LogP contribution in [-0.4, -0.2) is 36.2 Å². The third-order valence-electron chi connectivity index (χ3n) is 5.72. The summed E-state index contributed by atoms with van der Waals surface area (Å²) in [4.78, 5) is 16.5. The monoisotopic (exact) mass is 450 g/mol. The largest absolute Gasteiger partial charge is 0.436 e. The first-order valence-corrected chi connectivity index (χ1v) is 10.7. The molecule has 0 N–H and O–H groups in total. The van der Waals surface area contributed by atoms with Crippen LogP contribution in [-0.2, 0) is 11.2 Å². The predicted octanol–water partition coefficient (Wildman–Crippen LogP) is 6.19. The first kappa shape index (κ1) is 20.5. The van der Waals surface area contributed by atoms with E-state index in [1.165, 1.54) is 10.5 Å². The van der Waals surface area contributed by atoms with E-state index < -0.39 is 11.7 Å². The number of hydrogen-bond acceptors (Lipinski definition) is 3. The molecule has 4 nitrogen and oxygen atoms in total. The molecule has 0 bridgehead atoms. The number of ether oxygens (including phenoxy) is 1. The van der Waals surface area contributed by atoms with Gasteiger partial charge in [-0.3, -0.25) is 0 Å². The van der Waals surface area contributed by atoms with Crippen LogP contribution in [0.2, 0.25) is 15.1 Å². The molecule has 0 atom stereocenters. The van der Waals surface area contributed by atoms with Crippen molar-refractivity contribution >= 4 is 46.6 Å². The third kappa shape index (κ3) is 4.13. The molecule has 0 radical (unpaired) electrons. The van der Waals surface area contributed by atoms with Crippen molar-refractivity contribution in [1.29, 1.82) is 0 Å². The molecule has 29 heavy (non-hydrogen) atoms. The summed E-state index contributed by atoms with van der Waals surface area (Å²) < 4.78 is 5.83. The number of benzene rings is 2. The van der Waals surface area contributed by atoms with E-state index in [9.17, 15) is 4.79 Å². The average molecular weight is 452 g/mol. The standard InChI is InChI=1S/C22H21Cl3N2O2/c1-15-22(29-21(28)27(15)18-6-7-19(24)20(25)14-18)9-12-26(13-10-22)11-8-16-2-4-17(23)5-3-16/h2-7,14H,1,8-13H2. The van der Waals surface area contributed by atoms with Gasteiger partial charge in [-0.1, -0.05) is 53.5 Å². The van der Waals surface area contributed by atoms with E-state index in [0.29, 0.717) is 21.4 Å². The molecule has 2 aromatic rings. The molecule has 1 spiro atoms. The van der Waals surface area contributed by atoms with Crippen LogP contribution >= 0.6 is 34.8 Å². The fraction of sp³-hybridized carbons (Fsp3) is 0.318. The van der Waals surface area contributed by atoms with Gasteiger partial charge in [-0.05, 0) is 42.3 Å². The minimum atomic E-state index is -0.653. The zero-order valence-corrected chi connectivity index (χ0v) is 18.1. The lowest BCUT2D eigenvalue weighted by Crippen LogP contribution is -2.46. The smallest absolute Gasteiger partial charge is 0.419 e. The molecule has 2 aliphatic heterocycles. The van der Waals surface area contributed by atoms with Gasteiger partial charge in [-0.2, -0.15) is 0 Å². The quantitative estimate of drug-likeness (QED) is 0.555. The summed E-state index contributed by atoms with van der Waals surface area (Å²) >= 11 is 18.1. The van der Waals surface area contributed by atoms with E-state index in [1.807, 2.05) is 12.1 Å². The molecule has 0 saturated carbocycles. The van der Waals surface area contributed by atoms with Crippen molar-refractivity contribution in [2.45, 2.75) is 24.9 Å². The summed E-state index contributed by atoms with van der Waals surface area (Å²) in [6.45, 7) is 6.83. The number of hydrogen-bond donors (Lipinski definition) is 0. The lowest BCUT2D eigenvalue weighted by molar-refractivity contribution is 0.0154. The number of anilines is 1. The van der Waals surface area contributed by atoms with Crippen LogP contribution in [0.3, 0.4) is 0 Å². The molecule has 2 aromatic carbocycles. The normalized spacial score (nSPS) is 19.1. The topological polar surface area (TPSA) is 32.8 Å². The Morgan fingerprint density at radius 1 is 1.00 bits per heavy atom. The number of amides is 1. The van der Waals surface area contributed by atoms with Crippen LogP contribution in [0.1, 0.15) is 18.4 Å². The minimum absolute atomic E-state index is 0.391. The molecule has 2 heterocycles. The molecule has 1 amide bonds. The zero-order valence-electron chi connectivity index (χ0n) is 15.8. The van der Waals surface area contributed by atoms with Gasteiger partial charge in [0.05, 0.1) is 21.4 Å². The van der Waals surface area contributed by atoms with E-state index in [2.05, 4.69) is 23.6 Å². The summed E-state index contributed by atoms with van der Waals surface area (Å²) in [6, 6.07) is 13.0. The molecule has 152 valence electrons. The Kier molecular flexibility index (Phi) is 5.80. The first-order valence-electron chi connectivity index (χ1n) is 9.52. The fourth-order valence-corrected chi connectivity index (χ4v) is 4.36. The Morgan fingerprint density at radius 3 is 2.34 bits per heavy atom. The SMILES string of the molecule is C=C1N(c2ccc(Cl)c(Cl)c2)C(=O)OC12CCN(CCc1ccc(Cl)cc1)CC2. The first-order chi connectivity index (χ1) is 13.9. The Morgan fingerprint density at radius 2 is 1.69 bits per heavy atom. The van der Waals surface area contributed by atoms with Crippen LogP contribution in [0.4, 0.5) is 10.5 Å². The molecule has 2 saturated heterocycles. The van der Waals surface area contributed by atoms with Crippen molar-refractivity contribution in [2.75, 3.05) is 24.5 Å². The fourth-order valence-electron chi connectivity index (χ4n) is 3.94. The van der Waals surface area contributed by atoms with Crippen LogP contribution < -0.4 is 4.90 Å². The minimum Gasteiger partial charge on any atom is -0.436 e. The van der Waals surface area contributed by atoms with E-state index in [1.54, 1.807) is 18.2 Å². The summed E-state index contributed by atoms with van der Waals surface area (Å²) in [5.41, 5.74) is 1.90. The number of carbonyl (C=O) groups is 1. The van der Waals surface area contributed by atoms with Crippen LogP contribution in [0.15, 0.2) is 54.7 Å². The number of halogens is 3. The Balaban J connectivity index is 1.40. The van der Waals surface area contributed by atoms with Crippen LogP contribution in [0.5, 0.6) is 0 Å².